The fourth-order valence-corrected chi connectivity index (χ4v) is 1.22. The van der Waals surface area contributed by atoms with Crippen LogP contribution in [-0.4, -0.2) is 5.91 Å². The Labute approximate surface area is 89.9 Å². The second kappa shape index (κ2) is 4.91. The highest BCUT2D eigenvalue weighted by Crippen LogP contribution is 2.15. The number of hydrogen-bond acceptors (Lipinski definition) is 1. The molecule has 0 aliphatic carbocycles. The second-order valence-corrected chi connectivity index (χ2v) is 3.62. The number of amides is 1. The topological polar surface area (TPSA) is 29.1 Å². The minimum absolute atomic E-state index is 0.182. The van der Waals surface area contributed by atoms with Gasteiger partial charge in [-0.05, 0) is 18.2 Å². The summed E-state index contributed by atoms with van der Waals surface area (Å²) in [6, 6.07) is 4.72. The lowest BCUT2D eigenvalue weighted by Gasteiger charge is -1.97. The third-order valence-electron chi connectivity index (χ3n) is 1.51. The summed E-state index contributed by atoms with van der Waals surface area (Å²) in [4.78, 5) is 10.5. The SMILES string of the molecule is CC(=O)NC=Cc1ccc(Br)cc1F. The van der Waals surface area contributed by atoms with Crippen molar-refractivity contribution < 1.29 is 9.18 Å². The highest BCUT2D eigenvalue weighted by Gasteiger charge is 1.98. The van der Waals surface area contributed by atoms with Gasteiger partial charge >= 0.3 is 0 Å². The molecule has 1 rings (SSSR count). The summed E-state index contributed by atoms with van der Waals surface area (Å²) in [5.41, 5.74) is 0.432. The molecule has 0 atom stereocenters. The first-order valence-electron chi connectivity index (χ1n) is 3.98. The van der Waals surface area contributed by atoms with E-state index in [0.29, 0.717) is 10.0 Å². The van der Waals surface area contributed by atoms with Crippen molar-refractivity contribution >= 4 is 27.9 Å². The van der Waals surface area contributed by atoms with E-state index < -0.39 is 0 Å². The minimum Gasteiger partial charge on any atom is -0.333 e. The van der Waals surface area contributed by atoms with Crippen LogP contribution in [0, 0.1) is 5.82 Å². The van der Waals surface area contributed by atoms with Gasteiger partial charge in [0.05, 0.1) is 0 Å². The molecule has 1 amide bonds. The zero-order chi connectivity index (χ0) is 10.6. The standard InChI is InChI=1S/C10H9BrFNO/c1-7(14)13-5-4-8-2-3-9(11)6-10(8)12/h2-6H,1H3,(H,13,14). The van der Waals surface area contributed by atoms with E-state index in [4.69, 9.17) is 0 Å². The number of nitrogens with one attached hydrogen (secondary N) is 1. The summed E-state index contributed by atoms with van der Waals surface area (Å²) in [5.74, 6) is -0.514. The fraction of sp³-hybridized carbons (Fsp3) is 0.100. The number of benzene rings is 1. The molecule has 0 radical (unpaired) electrons. The van der Waals surface area contributed by atoms with E-state index >= 15 is 0 Å². The molecule has 0 aromatic heterocycles. The van der Waals surface area contributed by atoms with Gasteiger partial charge in [-0.1, -0.05) is 22.0 Å². The summed E-state index contributed by atoms with van der Waals surface area (Å²) in [5, 5.41) is 2.44. The molecular weight excluding hydrogens is 249 g/mol. The first kappa shape index (κ1) is 10.9. The summed E-state index contributed by atoms with van der Waals surface area (Å²) in [7, 11) is 0. The van der Waals surface area contributed by atoms with Crippen molar-refractivity contribution in [2.24, 2.45) is 0 Å². The molecule has 0 fully saturated rings. The maximum Gasteiger partial charge on any atom is 0.220 e. The summed E-state index contributed by atoms with van der Waals surface area (Å²) in [6.07, 6.45) is 2.91. The third-order valence-corrected chi connectivity index (χ3v) is 2.01. The van der Waals surface area contributed by atoms with Crippen molar-refractivity contribution in [1.29, 1.82) is 0 Å². The first-order valence-corrected chi connectivity index (χ1v) is 4.77. The Morgan fingerprint density at radius 2 is 2.29 bits per heavy atom. The zero-order valence-corrected chi connectivity index (χ0v) is 9.14. The average molecular weight is 258 g/mol. The number of carbonyl (C=O) groups is 1. The van der Waals surface area contributed by atoms with Gasteiger partial charge in [0, 0.05) is 23.2 Å². The highest BCUT2D eigenvalue weighted by molar-refractivity contribution is 9.10. The predicted molar refractivity (Wildman–Crippen MR) is 57.0 cm³/mol. The largest absolute Gasteiger partial charge is 0.333 e. The number of hydrogen-bond donors (Lipinski definition) is 1. The van der Waals surface area contributed by atoms with Crippen molar-refractivity contribution in [3.8, 4) is 0 Å². The Morgan fingerprint density at radius 1 is 1.57 bits per heavy atom. The van der Waals surface area contributed by atoms with Crippen molar-refractivity contribution in [3.05, 3.63) is 40.3 Å². The van der Waals surface area contributed by atoms with E-state index in [1.165, 1.54) is 25.3 Å². The Bertz CT molecular complexity index is 376. The van der Waals surface area contributed by atoms with Gasteiger partial charge in [-0.15, -0.1) is 0 Å². The monoisotopic (exact) mass is 257 g/mol. The van der Waals surface area contributed by atoms with Crippen LogP contribution in [0.1, 0.15) is 12.5 Å². The molecule has 1 N–H and O–H groups in total. The lowest BCUT2D eigenvalue weighted by Crippen LogP contribution is -2.11. The van der Waals surface area contributed by atoms with Crippen LogP contribution in [0.4, 0.5) is 4.39 Å². The minimum atomic E-state index is -0.332. The van der Waals surface area contributed by atoms with Gasteiger partial charge in [0.1, 0.15) is 5.82 Å². The first-order chi connectivity index (χ1) is 6.59. The Hall–Kier alpha value is -1.16. The van der Waals surface area contributed by atoms with Crippen LogP contribution in [0.15, 0.2) is 28.9 Å². The van der Waals surface area contributed by atoms with E-state index in [0.717, 1.165) is 0 Å². The van der Waals surface area contributed by atoms with Gasteiger partial charge in [-0.3, -0.25) is 4.79 Å². The van der Waals surface area contributed by atoms with Crippen molar-refractivity contribution in [2.75, 3.05) is 0 Å². The molecule has 0 bridgehead atoms. The third kappa shape index (κ3) is 3.30. The molecule has 0 aliphatic heterocycles. The van der Waals surface area contributed by atoms with E-state index in [-0.39, 0.29) is 11.7 Å². The van der Waals surface area contributed by atoms with Gasteiger partial charge in [0.2, 0.25) is 5.91 Å². The Morgan fingerprint density at radius 3 is 2.86 bits per heavy atom. The lowest BCUT2D eigenvalue weighted by molar-refractivity contribution is -0.118. The van der Waals surface area contributed by atoms with Crippen LogP contribution < -0.4 is 5.32 Å². The van der Waals surface area contributed by atoms with E-state index in [2.05, 4.69) is 21.2 Å². The quantitative estimate of drug-likeness (QED) is 0.868. The van der Waals surface area contributed by atoms with E-state index in [9.17, 15) is 9.18 Å². The highest BCUT2D eigenvalue weighted by atomic mass is 79.9. The second-order valence-electron chi connectivity index (χ2n) is 2.70. The van der Waals surface area contributed by atoms with Crippen LogP contribution in [0.2, 0.25) is 0 Å². The summed E-state index contributed by atoms with van der Waals surface area (Å²) < 4.78 is 13.9. The Balaban J connectivity index is 2.76. The van der Waals surface area contributed by atoms with Gasteiger partial charge in [0.25, 0.3) is 0 Å². The molecule has 0 spiro atoms. The molecule has 4 heteroatoms. The molecule has 0 saturated carbocycles. The van der Waals surface area contributed by atoms with Crippen LogP contribution in [0.5, 0.6) is 0 Å². The van der Waals surface area contributed by atoms with Gasteiger partial charge < -0.3 is 5.32 Å². The molecule has 0 saturated heterocycles. The predicted octanol–water partition coefficient (Wildman–Crippen LogP) is 2.70. The van der Waals surface area contributed by atoms with Crippen molar-refractivity contribution in [1.82, 2.24) is 5.32 Å². The van der Waals surface area contributed by atoms with Crippen molar-refractivity contribution in [3.63, 3.8) is 0 Å². The molecule has 0 heterocycles. The molecular formula is C10H9BrFNO. The normalized spacial score (nSPS) is 10.5. The summed E-state index contributed by atoms with van der Waals surface area (Å²) in [6.45, 7) is 1.39. The molecule has 14 heavy (non-hydrogen) atoms. The van der Waals surface area contributed by atoms with Crippen LogP contribution in [0.3, 0.4) is 0 Å². The number of rotatable bonds is 2. The van der Waals surface area contributed by atoms with Gasteiger partial charge in [0.15, 0.2) is 0 Å². The van der Waals surface area contributed by atoms with Crippen LogP contribution in [0.25, 0.3) is 6.08 Å². The molecule has 1 aromatic carbocycles. The maximum atomic E-state index is 13.2. The zero-order valence-electron chi connectivity index (χ0n) is 7.55. The summed E-state index contributed by atoms with van der Waals surface area (Å²) >= 11 is 3.15. The van der Waals surface area contributed by atoms with E-state index in [1.807, 2.05) is 0 Å². The number of halogens is 2. The number of carbonyl (C=O) groups excluding carboxylic acids is 1. The smallest absolute Gasteiger partial charge is 0.220 e. The average Bonchev–Trinajstić information content (AvgIpc) is 2.08. The van der Waals surface area contributed by atoms with Gasteiger partial charge in [-0.25, -0.2) is 4.39 Å². The molecule has 2 nitrogen and oxygen atoms in total. The fourth-order valence-electron chi connectivity index (χ4n) is 0.885. The molecule has 1 aromatic rings. The molecule has 74 valence electrons. The van der Waals surface area contributed by atoms with Crippen LogP contribution >= 0.6 is 15.9 Å². The lowest BCUT2D eigenvalue weighted by atomic mass is 10.2. The molecule has 0 aliphatic rings. The van der Waals surface area contributed by atoms with Crippen molar-refractivity contribution in [2.45, 2.75) is 6.92 Å². The van der Waals surface area contributed by atoms with Crippen LogP contribution in [-0.2, 0) is 4.79 Å². The maximum absolute atomic E-state index is 13.2. The van der Waals surface area contributed by atoms with Gasteiger partial charge in [-0.2, -0.15) is 0 Å². The Kier molecular flexibility index (Phi) is 3.83. The molecule has 0 unspecified atom stereocenters. The van der Waals surface area contributed by atoms with E-state index in [1.54, 1.807) is 12.1 Å².